The second-order valence-corrected chi connectivity index (χ2v) is 6.40. The van der Waals surface area contributed by atoms with Crippen LogP contribution in [0.1, 0.15) is 57.6 Å². The molecule has 1 fully saturated rings. The van der Waals surface area contributed by atoms with Gasteiger partial charge < -0.3 is 10.6 Å². The molecule has 0 aromatic heterocycles. The van der Waals surface area contributed by atoms with Crippen molar-refractivity contribution in [3.63, 3.8) is 0 Å². The van der Waals surface area contributed by atoms with Crippen molar-refractivity contribution in [1.29, 1.82) is 0 Å². The van der Waals surface area contributed by atoms with E-state index in [4.69, 9.17) is 11.6 Å². The Hall–Kier alpha value is -0.570. The van der Waals surface area contributed by atoms with Gasteiger partial charge in [0.25, 0.3) is 0 Å². The lowest BCUT2D eigenvalue weighted by Gasteiger charge is -2.29. The van der Waals surface area contributed by atoms with E-state index in [2.05, 4.69) is 36.6 Å². The molecule has 3 heteroatoms. The zero-order valence-corrected chi connectivity index (χ0v) is 13.4. The second-order valence-electron chi connectivity index (χ2n) is 5.96. The Morgan fingerprint density at radius 3 is 2.65 bits per heavy atom. The van der Waals surface area contributed by atoms with Crippen LogP contribution in [0.15, 0.2) is 24.3 Å². The highest BCUT2D eigenvalue weighted by Gasteiger charge is 2.18. The van der Waals surface area contributed by atoms with Crippen molar-refractivity contribution in [2.75, 3.05) is 6.54 Å². The number of piperidine rings is 1. The van der Waals surface area contributed by atoms with Crippen molar-refractivity contribution in [3.8, 4) is 0 Å². The summed E-state index contributed by atoms with van der Waals surface area (Å²) in [4.78, 5) is 0. The SMILES string of the molecule is CCC(NC(C)CC1CCCCN1)c1ccc(Cl)cc1. The van der Waals surface area contributed by atoms with Crippen LogP contribution in [-0.4, -0.2) is 18.6 Å². The molecule has 0 bridgehead atoms. The lowest BCUT2D eigenvalue weighted by molar-refractivity contribution is 0.328. The molecule has 1 heterocycles. The van der Waals surface area contributed by atoms with Gasteiger partial charge in [0.2, 0.25) is 0 Å². The summed E-state index contributed by atoms with van der Waals surface area (Å²) >= 11 is 5.97. The smallest absolute Gasteiger partial charge is 0.0406 e. The Labute approximate surface area is 128 Å². The normalized spacial score (nSPS) is 22.4. The number of hydrogen-bond donors (Lipinski definition) is 2. The van der Waals surface area contributed by atoms with Crippen LogP contribution in [0.2, 0.25) is 5.02 Å². The Morgan fingerprint density at radius 1 is 1.30 bits per heavy atom. The Balaban J connectivity index is 1.86. The highest BCUT2D eigenvalue weighted by Crippen LogP contribution is 2.21. The largest absolute Gasteiger partial charge is 0.314 e. The molecular formula is C17H27ClN2. The number of nitrogens with one attached hydrogen (secondary N) is 2. The first-order valence-corrected chi connectivity index (χ1v) is 8.31. The summed E-state index contributed by atoms with van der Waals surface area (Å²) in [5.41, 5.74) is 1.33. The molecule has 20 heavy (non-hydrogen) atoms. The van der Waals surface area contributed by atoms with Gasteiger partial charge in [-0.05, 0) is 56.8 Å². The fourth-order valence-corrected chi connectivity index (χ4v) is 3.23. The van der Waals surface area contributed by atoms with E-state index in [0.717, 1.165) is 11.4 Å². The molecule has 1 aliphatic heterocycles. The Kier molecular flexibility index (Phi) is 6.34. The summed E-state index contributed by atoms with van der Waals surface area (Å²) < 4.78 is 0. The molecule has 0 amide bonds. The molecular weight excluding hydrogens is 268 g/mol. The fraction of sp³-hybridized carbons (Fsp3) is 0.647. The first-order valence-electron chi connectivity index (χ1n) is 7.94. The van der Waals surface area contributed by atoms with Gasteiger partial charge in [-0.2, -0.15) is 0 Å². The summed E-state index contributed by atoms with van der Waals surface area (Å²) in [5, 5.41) is 8.21. The summed E-state index contributed by atoms with van der Waals surface area (Å²) in [6.07, 6.45) is 6.34. The van der Waals surface area contributed by atoms with E-state index in [1.54, 1.807) is 0 Å². The van der Waals surface area contributed by atoms with Gasteiger partial charge in [-0.25, -0.2) is 0 Å². The highest BCUT2D eigenvalue weighted by molar-refractivity contribution is 6.30. The van der Waals surface area contributed by atoms with E-state index in [1.807, 2.05) is 12.1 Å². The Bertz CT molecular complexity index is 384. The summed E-state index contributed by atoms with van der Waals surface area (Å²) in [6.45, 7) is 5.72. The van der Waals surface area contributed by atoms with Gasteiger partial charge in [-0.3, -0.25) is 0 Å². The van der Waals surface area contributed by atoms with Crippen LogP contribution in [0.25, 0.3) is 0 Å². The van der Waals surface area contributed by atoms with Crippen molar-refractivity contribution in [2.24, 2.45) is 0 Å². The third kappa shape index (κ3) is 4.76. The minimum atomic E-state index is 0.422. The van der Waals surface area contributed by atoms with E-state index >= 15 is 0 Å². The molecule has 2 rings (SSSR count). The van der Waals surface area contributed by atoms with Crippen molar-refractivity contribution >= 4 is 11.6 Å². The van der Waals surface area contributed by atoms with E-state index < -0.39 is 0 Å². The molecule has 1 aromatic rings. The molecule has 0 aliphatic carbocycles. The fourth-order valence-electron chi connectivity index (χ4n) is 3.11. The van der Waals surface area contributed by atoms with Crippen molar-refractivity contribution in [1.82, 2.24) is 10.6 Å². The summed E-state index contributed by atoms with van der Waals surface area (Å²) in [7, 11) is 0. The second kappa shape index (κ2) is 8.02. The standard InChI is InChI=1S/C17H27ClN2/c1-3-17(14-7-9-15(18)10-8-14)20-13(2)12-16-6-4-5-11-19-16/h7-10,13,16-17,19-20H,3-6,11-12H2,1-2H3. The number of halogens is 1. The molecule has 2 N–H and O–H groups in total. The number of hydrogen-bond acceptors (Lipinski definition) is 2. The highest BCUT2D eigenvalue weighted by atomic mass is 35.5. The van der Waals surface area contributed by atoms with Gasteiger partial charge in [0.15, 0.2) is 0 Å². The molecule has 0 spiro atoms. The summed E-state index contributed by atoms with van der Waals surface area (Å²) in [6, 6.07) is 9.87. The predicted molar refractivity (Wildman–Crippen MR) is 87.3 cm³/mol. The molecule has 112 valence electrons. The minimum Gasteiger partial charge on any atom is -0.314 e. The molecule has 2 nitrogen and oxygen atoms in total. The van der Waals surface area contributed by atoms with Crippen LogP contribution in [0.5, 0.6) is 0 Å². The minimum absolute atomic E-state index is 0.422. The predicted octanol–water partition coefficient (Wildman–Crippen LogP) is 4.30. The van der Waals surface area contributed by atoms with Crippen LogP contribution in [0.4, 0.5) is 0 Å². The van der Waals surface area contributed by atoms with Gasteiger partial charge in [0.1, 0.15) is 0 Å². The van der Waals surface area contributed by atoms with Crippen LogP contribution < -0.4 is 10.6 Å². The molecule has 1 saturated heterocycles. The average Bonchev–Trinajstić information content (AvgIpc) is 2.47. The lowest BCUT2D eigenvalue weighted by atomic mass is 9.97. The van der Waals surface area contributed by atoms with Crippen LogP contribution in [0, 0.1) is 0 Å². The van der Waals surface area contributed by atoms with Gasteiger partial charge in [0.05, 0.1) is 0 Å². The van der Waals surface area contributed by atoms with E-state index in [0.29, 0.717) is 18.1 Å². The zero-order valence-electron chi connectivity index (χ0n) is 12.7. The van der Waals surface area contributed by atoms with Crippen molar-refractivity contribution in [3.05, 3.63) is 34.9 Å². The van der Waals surface area contributed by atoms with Crippen LogP contribution in [0.3, 0.4) is 0 Å². The summed E-state index contributed by atoms with van der Waals surface area (Å²) in [5.74, 6) is 0. The lowest BCUT2D eigenvalue weighted by Crippen LogP contribution is -2.40. The Morgan fingerprint density at radius 2 is 2.05 bits per heavy atom. The molecule has 1 aromatic carbocycles. The first kappa shape index (κ1) is 15.8. The van der Waals surface area contributed by atoms with Crippen LogP contribution >= 0.6 is 11.6 Å². The van der Waals surface area contributed by atoms with Gasteiger partial charge in [0, 0.05) is 23.1 Å². The van der Waals surface area contributed by atoms with Crippen molar-refractivity contribution < 1.29 is 0 Å². The van der Waals surface area contributed by atoms with E-state index in [-0.39, 0.29) is 0 Å². The maximum atomic E-state index is 5.97. The van der Waals surface area contributed by atoms with E-state index in [9.17, 15) is 0 Å². The average molecular weight is 295 g/mol. The molecule has 0 saturated carbocycles. The van der Waals surface area contributed by atoms with Crippen molar-refractivity contribution in [2.45, 2.75) is 64.1 Å². The quantitative estimate of drug-likeness (QED) is 0.817. The first-order chi connectivity index (χ1) is 9.69. The monoisotopic (exact) mass is 294 g/mol. The topological polar surface area (TPSA) is 24.1 Å². The van der Waals surface area contributed by atoms with Gasteiger partial charge >= 0.3 is 0 Å². The third-order valence-corrected chi connectivity index (χ3v) is 4.47. The number of rotatable bonds is 6. The number of benzene rings is 1. The van der Waals surface area contributed by atoms with E-state index in [1.165, 1.54) is 37.8 Å². The maximum absolute atomic E-state index is 5.97. The zero-order chi connectivity index (χ0) is 14.4. The molecule has 1 aliphatic rings. The molecule has 3 atom stereocenters. The maximum Gasteiger partial charge on any atom is 0.0406 e. The molecule has 0 radical (unpaired) electrons. The molecule has 3 unspecified atom stereocenters. The van der Waals surface area contributed by atoms with Gasteiger partial charge in [-0.1, -0.05) is 37.1 Å². The third-order valence-electron chi connectivity index (χ3n) is 4.22. The van der Waals surface area contributed by atoms with Crippen LogP contribution in [-0.2, 0) is 0 Å². The van der Waals surface area contributed by atoms with Gasteiger partial charge in [-0.15, -0.1) is 0 Å².